The molecule has 5 nitrogen and oxygen atoms in total. The Kier molecular flexibility index (Phi) is 4.37. The van der Waals surface area contributed by atoms with Crippen LogP contribution in [0.25, 0.3) is 0 Å². The number of ether oxygens (including phenoxy) is 1. The van der Waals surface area contributed by atoms with Crippen LogP contribution in [0.2, 0.25) is 0 Å². The van der Waals surface area contributed by atoms with Crippen LogP contribution < -0.4 is 15.4 Å². The second-order valence-corrected chi connectivity index (χ2v) is 4.53. The Balaban J connectivity index is 2.18. The van der Waals surface area contributed by atoms with Gasteiger partial charge in [0.1, 0.15) is 17.5 Å². The maximum Gasteiger partial charge on any atom is 0.228 e. The summed E-state index contributed by atoms with van der Waals surface area (Å²) in [5.74, 6) is 0.398. The summed E-state index contributed by atoms with van der Waals surface area (Å²) in [5.41, 5.74) is 0.875. The van der Waals surface area contributed by atoms with Crippen LogP contribution in [0, 0.1) is 17.2 Å². The molecular formula is C14H17N3O2. The van der Waals surface area contributed by atoms with E-state index in [4.69, 9.17) is 10.00 Å². The van der Waals surface area contributed by atoms with Crippen LogP contribution in [0.5, 0.6) is 5.75 Å². The molecule has 100 valence electrons. The molecule has 0 aliphatic carbocycles. The van der Waals surface area contributed by atoms with E-state index in [2.05, 4.69) is 16.7 Å². The zero-order valence-electron chi connectivity index (χ0n) is 10.9. The van der Waals surface area contributed by atoms with Gasteiger partial charge in [0.25, 0.3) is 0 Å². The first-order chi connectivity index (χ1) is 9.26. The molecule has 1 saturated heterocycles. The smallest absolute Gasteiger partial charge is 0.228 e. The summed E-state index contributed by atoms with van der Waals surface area (Å²) in [6.45, 7) is 1.64. The Morgan fingerprint density at radius 3 is 3.05 bits per heavy atom. The summed E-state index contributed by atoms with van der Waals surface area (Å²) in [7, 11) is 1.52. The van der Waals surface area contributed by atoms with Crippen molar-refractivity contribution >= 4 is 11.6 Å². The summed E-state index contributed by atoms with van der Waals surface area (Å²) in [5, 5.41) is 15.1. The Labute approximate surface area is 112 Å². The Hall–Kier alpha value is -2.06. The second kappa shape index (κ2) is 6.21. The molecule has 2 N–H and O–H groups in total. The molecule has 0 saturated carbocycles. The topological polar surface area (TPSA) is 74.1 Å². The predicted molar refractivity (Wildman–Crippen MR) is 71.9 cm³/mol. The molecule has 1 amide bonds. The first-order valence-corrected chi connectivity index (χ1v) is 6.35. The molecule has 1 aliphatic rings. The van der Waals surface area contributed by atoms with Gasteiger partial charge >= 0.3 is 0 Å². The largest absolute Gasteiger partial charge is 0.495 e. The van der Waals surface area contributed by atoms with Gasteiger partial charge in [-0.3, -0.25) is 4.79 Å². The van der Waals surface area contributed by atoms with Crippen molar-refractivity contribution in [1.29, 1.82) is 5.26 Å². The number of nitriles is 1. The van der Waals surface area contributed by atoms with Crippen LogP contribution in [-0.2, 0) is 4.79 Å². The lowest BCUT2D eigenvalue weighted by molar-refractivity contribution is -0.120. The average molecular weight is 259 g/mol. The Morgan fingerprint density at radius 2 is 2.42 bits per heavy atom. The predicted octanol–water partition coefficient (Wildman–Crippen LogP) is 1.50. The molecule has 0 spiro atoms. The van der Waals surface area contributed by atoms with E-state index in [-0.39, 0.29) is 11.8 Å². The molecular weight excluding hydrogens is 242 g/mol. The molecule has 19 heavy (non-hydrogen) atoms. The first kappa shape index (κ1) is 13.4. The molecule has 2 rings (SSSR count). The minimum atomic E-state index is -0.0619. The number of methoxy groups -OCH3 is 1. The number of carbonyl (C=O) groups is 1. The normalized spacial score (nSPS) is 18.4. The average Bonchev–Trinajstić information content (AvgIpc) is 2.48. The molecule has 1 atom stereocenters. The summed E-state index contributed by atoms with van der Waals surface area (Å²) >= 11 is 0. The third-order valence-electron chi connectivity index (χ3n) is 3.28. The minimum absolute atomic E-state index is 0.0507. The number of nitrogens with one attached hydrogen (secondary N) is 2. The lowest BCUT2D eigenvalue weighted by atomic mass is 9.98. The van der Waals surface area contributed by atoms with Gasteiger partial charge in [0.2, 0.25) is 5.91 Å². The maximum atomic E-state index is 12.2. The van der Waals surface area contributed by atoms with E-state index in [1.807, 2.05) is 0 Å². The highest BCUT2D eigenvalue weighted by Crippen LogP contribution is 2.28. The van der Waals surface area contributed by atoms with E-state index in [1.54, 1.807) is 18.2 Å². The van der Waals surface area contributed by atoms with Gasteiger partial charge in [0, 0.05) is 6.54 Å². The van der Waals surface area contributed by atoms with Gasteiger partial charge in [-0.05, 0) is 31.5 Å². The quantitative estimate of drug-likeness (QED) is 0.862. The third-order valence-corrected chi connectivity index (χ3v) is 3.28. The highest BCUT2D eigenvalue weighted by atomic mass is 16.5. The van der Waals surface area contributed by atoms with Crippen LogP contribution in [0.3, 0.4) is 0 Å². The molecule has 0 bridgehead atoms. The van der Waals surface area contributed by atoms with Gasteiger partial charge in [-0.1, -0.05) is 6.07 Å². The van der Waals surface area contributed by atoms with E-state index in [9.17, 15) is 4.79 Å². The van der Waals surface area contributed by atoms with Gasteiger partial charge in [-0.2, -0.15) is 5.26 Å². The number of hydrogen-bond acceptors (Lipinski definition) is 4. The van der Waals surface area contributed by atoms with Crippen molar-refractivity contribution in [2.45, 2.75) is 12.8 Å². The van der Waals surface area contributed by atoms with Gasteiger partial charge in [-0.15, -0.1) is 0 Å². The Bertz CT molecular complexity index is 502. The van der Waals surface area contributed by atoms with Crippen LogP contribution in [0.4, 0.5) is 5.69 Å². The van der Waals surface area contributed by atoms with Crippen molar-refractivity contribution in [2.75, 3.05) is 25.5 Å². The van der Waals surface area contributed by atoms with Crippen molar-refractivity contribution in [3.05, 3.63) is 23.8 Å². The second-order valence-electron chi connectivity index (χ2n) is 4.53. The first-order valence-electron chi connectivity index (χ1n) is 6.35. The number of rotatable bonds is 3. The van der Waals surface area contributed by atoms with E-state index >= 15 is 0 Å². The highest BCUT2D eigenvalue weighted by Gasteiger charge is 2.22. The molecule has 5 heteroatoms. The number of anilines is 1. The summed E-state index contributed by atoms with van der Waals surface area (Å²) < 4.78 is 5.19. The SMILES string of the molecule is COc1cccc(C#N)c1NC(=O)C1CCCNC1. The van der Waals surface area contributed by atoms with Crippen molar-refractivity contribution in [1.82, 2.24) is 5.32 Å². The zero-order valence-corrected chi connectivity index (χ0v) is 10.9. The van der Waals surface area contributed by atoms with Crippen LogP contribution in [0.1, 0.15) is 18.4 Å². The van der Waals surface area contributed by atoms with Crippen molar-refractivity contribution < 1.29 is 9.53 Å². The fraction of sp³-hybridized carbons (Fsp3) is 0.429. The molecule has 1 heterocycles. The van der Waals surface area contributed by atoms with Gasteiger partial charge in [0.05, 0.1) is 18.6 Å². The van der Waals surface area contributed by atoms with Gasteiger partial charge in [0.15, 0.2) is 0 Å². The van der Waals surface area contributed by atoms with Crippen LogP contribution in [0.15, 0.2) is 18.2 Å². The zero-order chi connectivity index (χ0) is 13.7. The standard InChI is InChI=1S/C14H17N3O2/c1-19-12-6-2-4-10(8-15)13(12)17-14(18)11-5-3-7-16-9-11/h2,4,6,11,16H,3,5,7,9H2,1H3,(H,17,18). The molecule has 0 aromatic heterocycles. The summed E-state index contributed by atoms with van der Waals surface area (Å²) in [6.07, 6.45) is 1.87. The van der Waals surface area contributed by atoms with Gasteiger partial charge in [-0.25, -0.2) is 0 Å². The van der Waals surface area contributed by atoms with Crippen LogP contribution >= 0.6 is 0 Å². The number of carbonyl (C=O) groups excluding carboxylic acids is 1. The highest BCUT2D eigenvalue weighted by molar-refractivity contribution is 5.95. The summed E-state index contributed by atoms with van der Waals surface area (Å²) in [6, 6.07) is 7.20. The molecule has 1 aromatic rings. The van der Waals surface area contributed by atoms with E-state index < -0.39 is 0 Å². The monoisotopic (exact) mass is 259 g/mol. The van der Waals surface area contributed by atoms with E-state index in [0.29, 0.717) is 23.5 Å². The third kappa shape index (κ3) is 3.04. The Morgan fingerprint density at radius 1 is 1.58 bits per heavy atom. The van der Waals surface area contributed by atoms with E-state index in [0.717, 1.165) is 19.4 Å². The van der Waals surface area contributed by atoms with E-state index in [1.165, 1.54) is 7.11 Å². The fourth-order valence-electron chi connectivity index (χ4n) is 2.22. The molecule has 1 aromatic carbocycles. The fourth-order valence-corrected chi connectivity index (χ4v) is 2.22. The van der Waals surface area contributed by atoms with Crippen molar-refractivity contribution in [3.63, 3.8) is 0 Å². The number of amides is 1. The van der Waals surface area contributed by atoms with Crippen LogP contribution in [-0.4, -0.2) is 26.1 Å². The molecule has 1 fully saturated rings. The lowest BCUT2D eigenvalue weighted by Crippen LogP contribution is -2.37. The number of hydrogen-bond donors (Lipinski definition) is 2. The molecule has 1 unspecified atom stereocenters. The van der Waals surface area contributed by atoms with Crippen molar-refractivity contribution in [2.24, 2.45) is 5.92 Å². The lowest BCUT2D eigenvalue weighted by Gasteiger charge is -2.22. The number of piperidine rings is 1. The molecule has 1 aliphatic heterocycles. The van der Waals surface area contributed by atoms with Gasteiger partial charge < -0.3 is 15.4 Å². The van der Waals surface area contributed by atoms with Crippen molar-refractivity contribution in [3.8, 4) is 11.8 Å². The number of nitrogens with zero attached hydrogens (tertiary/aromatic N) is 1. The summed E-state index contributed by atoms with van der Waals surface area (Å²) in [4.78, 5) is 12.2. The minimum Gasteiger partial charge on any atom is -0.495 e. The number of para-hydroxylation sites is 1. The number of benzene rings is 1. The maximum absolute atomic E-state index is 12.2. The molecule has 0 radical (unpaired) electrons.